The lowest BCUT2D eigenvalue weighted by Crippen LogP contribution is -2.61. The molecule has 0 bridgehead atoms. The Bertz CT molecular complexity index is 1150. The summed E-state index contributed by atoms with van der Waals surface area (Å²) in [7, 11) is 5.25. The van der Waals surface area contributed by atoms with Crippen molar-refractivity contribution in [2.75, 3.05) is 34.4 Å². The fourth-order valence-corrected chi connectivity index (χ4v) is 5.63. The number of benzene rings is 2. The predicted molar refractivity (Wildman–Crippen MR) is 157 cm³/mol. The Morgan fingerprint density at radius 3 is 2.50 bits per heavy atom. The molecule has 1 fully saturated rings. The number of methoxy groups -OCH3 is 2. The molecule has 2 N–H and O–H groups in total. The van der Waals surface area contributed by atoms with Gasteiger partial charge < -0.3 is 25.0 Å². The molecule has 9 heteroatoms. The molecule has 2 aromatic rings. The maximum atomic E-state index is 13.9. The molecule has 0 saturated heterocycles. The van der Waals surface area contributed by atoms with Gasteiger partial charge in [0, 0.05) is 38.2 Å². The maximum absolute atomic E-state index is 13.9. The van der Waals surface area contributed by atoms with Crippen LogP contribution in [0.1, 0.15) is 56.1 Å². The fraction of sp³-hybridized carbons (Fsp3) is 0.516. The van der Waals surface area contributed by atoms with E-state index in [0.29, 0.717) is 30.9 Å². The average Bonchev–Trinajstić information content (AvgIpc) is 3.41. The highest BCUT2D eigenvalue weighted by Gasteiger charge is 2.49. The molecule has 0 aromatic heterocycles. The molecule has 4 rings (SSSR count). The Hall–Kier alpha value is -3.59. The first-order valence-corrected chi connectivity index (χ1v) is 14.3. The number of urea groups is 1. The topological polar surface area (TPSA) is 95.5 Å². The van der Waals surface area contributed by atoms with Gasteiger partial charge in [0.05, 0.1) is 14.2 Å². The molecule has 216 valence electrons. The van der Waals surface area contributed by atoms with Crippen LogP contribution in [0.2, 0.25) is 0 Å². The smallest absolute Gasteiger partial charge is 0.339 e. The van der Waals surface area contributed by atoms with Crippen molar-refractivity contribution in [3.8, 4) is 11.5 Å². The summed E-state index contributed by atoms with van der Waals surface area (Å²) < 4.78 is 10.9. The van der Waals surface area contributed by atoms with E-state index in [-0.39, 0.29) is 18.0 Å². The van der Waals surface area contributed by atoms with Crippen LogP contribution in [0.3, 0.4) is 0 Å². The normalized spacial score (nSPS) is 19.1. The van der Waals surface area contributed by atoms with Crippen LogP contribution in [0.5, 0.6) is 11.5 Å². The number of ether oxygens (including phenoxy) is 2. The maximum Gasteiger partial charge on any atom is 0.339 e. The zero-order chi connectivity index (χ0) is 28.4. The first kappa shape index (κ1) is 29.4. The zero-order valence-electron chi connectivity index (χ0n) is 24.0. The largest absolute Gasteiger partial charge is 0.493 e. The standard InChI is InChI=1S/C31H43N5O4/c1-35(23-24-11-6-4-7-12-24)20-10-18-32-29(37)31(22-25-15-16-27(39-2)28(21-25)40-3)17-19-33-36(31)30(38)34-26-13-8-5-9-14-26/h4,6-7,11-12,15-16,19,21,26H,5,8-10,13-14,17-18,20,22-23H2,1-3H3,(H,32,37)(H,34,38). The molecule has 1 heterocycles. The average molecular weight is 550 g/mol. The van der Waals surface area contributed by atoms with Crippen LogP contribution < -0.4 is 20.1 Å². The third-order valence-electron chi connectivity index (χ3n) is 7.82. The molecule has 1 aliphatic heterocycles. The van der Waals surface area contributed by atoms with E-state index in [1.165, 1.54) is 17.0 Å². The molecule has 40 heavy (non-hydrogen) atoms. The highest BCUT2D eigenvalue weighted by atomic mass is 16.5. The van der Waals surface area contributed by atoms with Gasteiger partial charge in [0.25, 0.3) is 0 Å². The number of hydrogen-bond acceptors (Lipinski definition) is 6. The van der Waals surface area contributed by atoms with Crippen LogP contribution >= 0.6 is 0 Å². The number of hydrazone groups is 1. The Kier molecular flexibility index (Phi) is 10.4. The number of hydrogen-bond donors (Lipinski definition) is 2. The molecule has 0 spiro atoms. The Morgan fingerprint density at radius 1 is 1.02 bits per heavy atom. The van der Waals surface area contributed by atoms with Crippen molar-refractivity contribution in [2.45, 2.75) is 69.5 Å². The first-order chi connectivity index (χ1) is 19.4. The highest BCUT2D eigenvalue weighted by Crippen LogP contribution is 2.34. The molecule has 1 aliphatic carbocycles. The first-order valence-electron chi connectivity index (χ1n) is 14.3. The number of nitrogens with one attached hydrogen (secondary N) is 2. The van der Waals surface area contributed by atoms with Gasteiger partial charge in [0.1, 0.15) is 0 Å². The van der Waals surface area contributed by atoms with Crippen LogP contribution in [0, 0.1) is 0 Å². The van der Waals surface area contributed by atoms with Gasteiger partial charge in [-0.25, -0.2) is 4.79 Å². The van der Waals surface area contributed by atoms with Crippen molar-refractivity contribution in [3.63, 3.8) is 0 Å². The molecule has 1 saturated carbocycles. The van der Waals surface area contributed by atoms with Crippen molar-refractivity contribution in [1.82, 2.24) is 20.5 Å². The van der Waals surface area contributed by atoms with Crippen molar-refractivity contribution in [3.05, 3.63) is 59.7 Å². The van der Waals surface area contributed by atoms with E-state index in [1.54, 1.807) is 20.4 Å². The fourth-order valence-electron chi connectivity index (χ4n) is 5.63. The van der Waals surface area contributed by atoms with Crippen molar-refractivity contribution in [1.29, 1.82) is 0 Å². The quantitative estimate of drug-likeness (QED) is 0.384. The second-order valence-corrected chi connectivity index (χ2v) is 10.8. The van der Waals surface area contributed by atoms with Crippen molar-refractivity contribution in [2.24, 2.45) is 5.10 Å². The summed E-state index contributed by atoms with van der Waals surface area (Å²) >= 11 is 0. The summed E-state index contributed by atoms with van der Waals surface area (Å²) in [6.07, 6.45) is 8.40. The Balaban J connectivity index is 1.45. The van der Waals surface area contributed by atoms with Gasteiger partial charge in [-0.2, -0.15) is 10.1 Å². The summed E-state index contributed by atoms with van der Waals surface area (Å²) in [5, 5.41) is 12.1. The van der Waals surface area contributed by atoms with E-state index in [4.69, 9.17) is 9.47 Å². The minimum Gasteiger partial charge on any atom is -0.493 e. The number of carbonyl (C=O) groups is 2. The van der Waals surface area contributed by atoms with Crippen molar-refractivity contribution < 1.29 is 19.1 Å². The van der Waals surface area contributed by atoms with E-state index in [9.17, 15) is 9.59 Å². The lowest BCUT2D eigenvalue weighted by Gasteiger charge is -2.36. The number of amides is 3. The SMILES string of the molecule is COc1ccc(CC2(C(=O)NCCCN(C)Cc3ccccc3)CC=NN2C(=O)NC2CCCCC2)cc1OC. The van der Waals surface area contributed by atoms with Crippen LogP contribution in [0.25, 0.3) is 0 Å². The highest BCUT2D eigenvalue weighted by molar-refractivity contribution is 5.95. The van der Waals surface area contributed by atoms with Crippen molar-refractivity contribution >= 4 is 18.2 Å². The third-order valence-corrected chi connectivity index (χ3v) is 7.82. The summed E-state index contributed by atoms with van der Waals surface area (Å²) in [5.41, 5.74) is 0.941. The minimum absolute atomic E-state index is 0.110. The number of carbonyl (C=O) groups excluding carboxylic acids is 2. The predicted octanol–water partition coefficient (Wildman–Crippen LogP) is 4.36. The van der Waals surface area contributed by atoms with Crippen LogP contribution in [-0.4, -0.2) is 74.0 Å². The molecule has 1 unspecified atom stereocenters. The van der Waals surface area contributed by atoms with E-state index in [2.05, 4.69) is 39.8 Å². The summed E-state index contributed by atoms with van der Waals surface area (Å²) in [6.45, 7) is 2.19. The van der Waals surface area contributed by atoms with E-state index >= 15 is 0 Å². The second-order valence-electron chi connectivity index (χ2n) is 10.8. The van der Waals surface area contributed by atoms with E-state index < -0.39 is 5.54 Å². The molecule has 9 nitrogen and oxygen atoms in total. The summed E-state index contributed by atoms with van der Waals surface area (Å²) in [6, 6.07) is 15.7. The summed E-state index contributed by atoms with van der Waals surface area (Å²) in [4.78, 5) is 29.7. The monoisotopic (exact) mass is 549 g/mol. The minimum atomic E-state index is -1.17. The molecule has 2 aliphatic rings. The summed E-state index contributed by atoms with van der Waals surface area (Å²) in [5.74, 6) is 0.984. The molecule has 3 amide bonds. The van der Waals surface area contributed by atoms with Crippen LogP contribution in [-0.2, 0) is 17.8 Å². The lowest BCUT2D eigenvalue weighted by molar-refractivity contribution is -0.131. The molecule has 1 atom stereocenters. The molecular formula is C31H43N5O4. The molecule has 0 radical (unpaired) electrons. The second kappa shape index (κ2) is 14.2. The van der Waals surface area contributed by atoms with Gasteiger partial charge in [0.15, 0.2) is 17.0 Å². The molecular weight excluding hydrogens is 506 g/mol. The third kappa shape index (κ3) is 7.33. The zero-order valence-corrected chi connectivity index (χ0v) is 24.0. The van der Waals surface area contributed by atoms with E-state index in [1.807, 2.05) is 36.4 Å². The van der Waals surface area contributed by atoms with Gasteiger partial charge in [0.2, 0.25) is 5.91 Å². The van der Waals surface area contributed by atoms with Gasteiger partial charge in [-0.05, 0) is 56.1 Å². The lowest BCUT2D eigenvalue weighted by atomic mass is 9.86. The number of nitrogens with zero attached hydrogens (tertiary/aromatic N) is 3. The molecule has 2 aromatic carbocycles. The number of rotatable bonds is 12. The Morgan fingerprint density at radius 2 is 1.77 bits per heavy atom. The van der Waals surface area contributed by atoms with Gasteiger partial charge in [-0.15, -0.1) is 0 Å². The van der Waals surface area contributed by atoms with Gasteiger partial charge in [-0.1, -0.05) is 55.7 Å². The Labute approximate surface area is 237 Å². The van der Waals surface area contributed by atoms with E-state index in [0.717, 1.165) is 50.8 Å². The van der Waals surface area contributed by atoms with Gasteiger partial charge in [-0.3, -0.25) is 4.79 Å². The van der Waals surface area contributed by atoms with Crippen LogP contribution in [0.4, 0.5) is 4.79 Å². The van der Waals surface area contributed by atoms with Gasteiger partial charge >= 0.3 is 6.03 Å². The van der Waals surface area contributed by atoms with Crippen LogP contribution in [0.15, 0.2) is 53.6 Å².